The molecule has 0 radical (unpaired) electrons. The van der Waals surface area contributed by atoms with Crippen molar-refractivity contribution < 1.29 is 4.21 Å². The minimum absolute atomic E-state index is 0.118. The molecular formula is C9H13ClN2OS. The highest BCUT2D eigenvalue weighted by molar-refractivity contribution is 7.84. The van der Waals surface area contributed by atoms with Crippen molar-refractivity contribution in [2.45, 2.75) is 12.2 Å². The normalized spacial score (nSPS) is 14.8. The molecule has 1 N–H and O–H groups in total. The van der Waals surface area contributed by atoms with Gasteiger partial charge in [0, 0.05) is 35.0 Å². The second kappa shape index (κ2) is 5.32. The summed E-state index contributed by atoms with van der Waals surface area (Å²) in [6.07, 6.45) is 3.28. The summed E-state index contributed by atoms with van der Waals surface area (Å²) in [5, 5.41) is 3.82. The van der Waals surface area contributed by atoms with Crippen LogP contribution in [0, 0.1) is 0 Å². The predicted octanol–water partition coefficient (Wildman–Crippen LogP) is 1.91. The summed E-state index contributed by atoms with van der Waals surface area (Å²) in [5.74, 6) is 0.756. The summed E-state index contributed by atoms with van der Waals surface area (Å²) < 4.78 is 11.0. The second-order valence-corrected chi connectivity index (χ2v) is 5.29. The maximum atomic E-state index is 11.0. The standard InChI is InChI=1S/C9H13ClN2OS/c1-7(14(2)13)5-11-9-4-3-8(10)6-12-9/h3-4,6-7H,5H2,1-2H3,(H,11,12). The zero-order chi connectivity index (χ0) is 10.6. The molecule has 0 saturated heterocycles. The monoisotopic (exact) mass is 232 g/mol. The predicted molar refractivity (Wildman–Crippen MR) is 61.3 cm³/mol. The Morgan fingerprint density at radius 1 is 1.64 bits per heavy atom. The lowest BCUT2D eigenvalue weighted by Crippen LogP contribution is -2.20. The molecule has 0 fully saturated rings. The molecule has 1 aromatic heterocycles. The lowest BCUT2D eigenvalue weighted by atomic mass is 10.4. The van der Waals surface area contributed by atoms with E-state index in [-0.39, 0.29) is 5.25 Å². The lowest BCUT2D eigenvalue weighted by molar-refractivity contribution is 0.679. The first-order valence-corrected chi connectivity index (χ1v) is 6.27. The molecule has 1 heterocycles. The molecule has 5 heteroatoms. The van der Waals surface area contributed by atoms with Gasteiger partial charge in [-0.15, -0.1) is 0 Å². The fourth-order valence-electron chi connectivity index (χ4n) is 0.846. The molecular weight excluding hydrogens is 220 g/mol. The van der Waals surface area contributed by atoms with Gasteiger partial charge in [0.2, 0.25) is 0 Å². The smallest absolute Gasteiger partial charge is 0.126 e. The molecule has 2 unspecified atom stereocenters. The molecule has 0 amide bonds. The van der Waals surface area contributed by atoms with Crippen LogP contribution in [0.25, 0.3) is 0 Å². The first kappa shape index (κ1) is 11.5. The summed E-state index contributed by atoms with van der Waals surface area (Å²) >= 11 is 5.69. The van der Waals surface area contributed by atoms with Crippen molar-refractivity contribution in [2.24, 2.45) is 0 Å². The minimum Gasteiger partial charge on any atom is -0.369 e. The van der Waals surface area contributed by atoms with Crippen molar-refractivity contribution in [3.8, 4) is 0 Å². The second-order valence-electron chi connectivity index (χ2n) is 3.05. The van der Waals surface area contributed by atoms with Crippen molar-refractivity contribution in [2.75, 3.05) is 18.1 Å². The van der Waals surface area contributed by atoms with E-state index in [9.17, 15) is 4.21 Å². The van der Waals surface area contributed by atoms with Gasteiger partial charge in [0.05, 0.1) is 5.02 Å². The van der Waals surface area contributed by atoms with E-state index in [1.165, 1.54) is 0 Å². The van der Waals surface area contributed by atoms with Gasteiger partial charge >= 0.3 is 0 Å². The highest BCUT2D eigenvalue weighted by Crippen LogP contribution is 2.09. The number of rotatable bonds is 4. The molecule has 0 spiro atoms. The van der Waals surface area contributed by atoms with Crippen LogP contribution in [0.3, 0.4) is 0 Å². The van der Waals surface area contributed by atoms with Gasteiger partial charge in [0.15, 0.2) is 0 Å². The summed E-state index contributed by atoms with van der Waals surface area (Å²) in [7, 11) is -0.805. The Kier molecular flexibility index (Phi) is 4.35. The SMILES string of the molecule is CC(CNc1ccc(Cl)cn1)S(C)=O. The van der Waals surface area contributed by atoms with Crippen LogP contribution in [0.2, 0.25) is 5.02 Å². The van der Waals surface area contributed by atoms with Gasteiger partial charge in [-0.05, 0) is 19.1 Å². The molecule has 3 nitrogen and oxygen atoms in total. The van der Waals surface area contributed by atoms with E-state index in [2.05, 4.69) is 10.3 Å². The third-order valence-corrected chi connectivity index (χ3v) is 3.39. The van der Waals surface area contributed by atoms with Gasteiger partial charge in [0.25, 0.3) is 0 Å². The van der Waals surface area contributed by atoms with Gasteiger partial charge in [0.1, 0.15) is 5.82 Å². The fourth-order valence-corrected chi connectivity index (χ4v) is 1.28. The Labute approximate surface area is 91.3 Å². The first-order valence-electron chi connectivity index (χ1n) is 4.27. The van der Waals surface area contributed by atoms with E-state index in [1.807, 2.05) is 6.92 Å². The molecule has 0 aromatic carbocycles. The third-order valence-electron chi connectivity index (χ3n) is 1.86. The molecule has 0 bridgehead atoms. The van der Waals surface area contributed by atoms with Crippen LogP contribution in [0.4, 0.5) is 5.82 Å². The topological polar surface area (TPSA) is 42.0 Å². The number of anilines is 1. The Balaban J connectivity index is 2.46. The first-order chi connectivity index (χ1) is 6.59. The summed E-state index contributed by atoms with van der Waals surface area (Å²) in [5.41, 5.74) is 0. The summed E-state index contributed by atoms with van der Waals surface area (Å²) in [6.45, 7) is 2.58. The number of nitrogens with one attached hydrogen (secondary N) is 1. The van der Waals surface area contributed by atoms with Gasteiger partial charge in [-0.25, -0.2) is 4.98 Å². The minimum atomic E-state index is -0.805. The average Bonchev–Trinajstić information content (AvgIpc) is 2.16. The van der Waals surface area contributed by atoms with Crippen LogP contribution in [-0.2, 0) is 10.8 Å². The number of hydrogen-bond donors (Lipinski definition) is 1. The van der Waals surface area contributed by atoms with Crippen molar-refractivity contribution >= 4 is 28.2 Å². The van der Waals surface area contributed by atoms with Gasteiger partial charge < -0.3 is 5.32 Å². The zero-order valence-corrected chi connectivity index (χ0v) is 9.73. The van der Waals surface area contributed by atoms with Gasteiger partial charge in [-0.2, -0.15) is 0 Å². The Morgan fingerprint density at radius 2 is 2.36 bits per heavy atom. The van der Waals surface area contributed by atoms with Crippen LogP contribution >= 0.6 is 11.6 Å². The zero-order valence-electron chi connectivity index (χ0n) is 8.16. The summed E-state index contributed by atoms with van der Waals surface area (Å²) in [4.78, 5) is 4.07. The maximum absolute atomic E-state index is 11.0. The number of hydrogen-bond acceptors (Lipinski definition) is 3. The van der Waals surface area contributed by atoms with E-state index >= 15 is 0 Å². The van der Waals surface area contributed by atoms with Crippen LogP contribution < -0.4 is 5.32 Å². The lowest BCUT2D eigenvalue weighted by Gasteiger charge is -2.09. The number of pyridine rings is 1. The number of halogens is 1. The van der Waals surface area contributed by atoms with Crippen molar-refractivity contribution in [1.82, 2.24) is 4.98 Å². The van der Waals surface area contributed by atoms with Gasteiger partial charge in [-0.3, -0.25) is 4.21 Å². The third kappa shape index (κ3) is 3.64. The number of aromatic nitrogens is 1. The van der Waals surface area contributed by atoms with Gasteiger partial charge in [-0.1, -0.05) is 11.6 Å². The molecule has 0 aliphatic carbocycles. The molecule has 2 atom stereocenters. The fraction of sp³-hybridized carbons (Fsp3) is 0.444. The quantitative estimate of drug-likeness (QED) is 0.863. The summed E-state index contributed by atoms with van der Waals surface area (Å²) in [6, 6.07) is 3.57. The Hall–Kier alpha value is -0.610. The molecule has 0 aliphatic heterocycles. The molecule has 1 aromatic rings. The molecule has 78 valence electrons. The van der Waals surface area contributed by atoms with Crippen LogP contribution in [-0.4, -0.2) is 27.2 Å². The van der Waals surface area contributed by atoms with E-state index in [0.29, 0.717) is 11.6 Å². The van der Waals surface area contributed by atoms with E-state index in [4.69, 9.17) is 11.6 Å². The van der Waals surface area contributed by atoms with Crippen molar-refractivity contribution in [3.63, 3.8) is 0 Å². The highest BCUT2D eigenvalue weighted by atomic mass is 35.5. The Bertz CT molecular complexity index is 315. The van der Waals surface area contributed by atoms with E-state index in [1.54, 1.807) is 24.6 Å². The van der Waals surface area contributed by atoms with Crippen molar-refractivity contribution in [1.29, 1.82) is 0 Å². The average molecular weight is 233 g/mol. The maximum Gasteiger partial charge on any atom is 0.126 e. The van der Waals surface area contributed by atoms with Crippen LogP contribution in [0.5, 0.6) is 0 Å². The largest absolute Gasteiger partial charge is 0.369 e. The van der Waals surface area contributed by atoms with Crippen molar-refractivity contribution in [3.05, 3.63) is 23.4 Å². The van der Waals surface area contributed by atoms with Crippen LogP contribution in [0.15, 0.2) is 18.3 Å². The van der Waals surface area contributed by atoms with E-state index in [0.717, 1.165) is 5.82 Å². The Morgan fingerprint density at radius 3 is 2.86 bits per heavy atom. The molecule has 1 rings (SSSR count). The van der Waals surface area contributed by atoms with E-state index < -0.39 is 10.8 Å². The number of nitrogens with zero attached hydrogens (tertiary/aromatic N) is 1. The molecule has 0 aliphatic rings. The highest BCUT2D eigenvalue weighted by Gasteiger charge is 2.05. The molecule has 0 saturated carbocycles. The molecule has 14 heavy (non-hydrogen) atoms. The van der Waals surface area contributed by atoms with Crippen LogP contribution in [0.1, 0.15) is 6.92 Å².